The monoisotopic (exact) mass is 339 g/mol. The largest absolute Gasteiger partial charge is 0.480 e. The van der Waals surface area contributed by atoms with Crippen molar-refractivity contribution in [2.45, 2.75) is 31.9 Å². The second-order valence-electron chi connectivity index (χ2n) is 5.70. The number of carbonyl (C=O) groups excluding carboxylic acids is 1. The highest BCUT2D eigenvalue weighted by molar-refractivity contribution is 5.81. The number of rotatable bonds is 8. The minimum Gasteiger partial charge on any atom is -0.480 e. The Morgan fingerprint density at radius 3 is 2.54 bits per heavy atom. The van der Waals surface area contributed by atoms with E-state index < -0.39 is 12.5 Å². The van der Waals surface area contributed by atoms with Crippen molar-refractivity contribution in [1.29, 1.82) is 0 Å². The second-order valence-corrected chi connectivity index (χ2v) is 5.70. The average Bonchev–Trinajstić information content (AvgIpc) is 2.57. The molecule has 1 saturated heterocycles. The standard InChI is InChI=1S/C17H22FNO5/c18-14-3-1-13(2-4-14)11-19(12-17(21)22)16(20)7-10-24-15-5-8-23-9-6-15/h1-4,15H,5-12H2,(H,21,22). The first kappa shape index (κ1) is 18.4. The van der Waals surface area contributed by atoms with E-state index in [1.165, 1.54) is 29.2 Å². The molecule has 0 saturated carbocycles. The molecule has 7 heteroatoms. The molecule has 1 N–H and O–H groups in total. The molecule has 0 spiro atoms. The Morgan fingerprint density at radius 2 is 1.92 bits per heavy atom. The van der Waals surface area contributed by atoms with Gasteiger partial charge in [0.1, 0.15) is 12.4 Å². The summed E-state index contributed by atoms with van der Waals surface area (Å²) in [6.07, 6.45) is 1.83. The summed E-state index contributed by atoms with van der Waals surface area (Å²) < 4.78 is 23.8. The van der Waals surface area contributed by atoms with E-state index in [9.17, 15) is 14.0 Å². The Bertz CT molecular complexity index is 542. The van der Waals surface area contributed by atoms with Gasteiger partial charge in [0.05, 0.1) is 19.1 Å². The van der Waals surface area contributed by atoms with Crippen molar-refractivity contribution in [3.8, 4) is 0 Å². The summed E-state index contributed by atoms with van der Waals surface area (Å²) in [6.45, 7) is 1.31. The van der Waals surface area contributed by atoms with Crippen LogP contribution in [0, 0.1) is 5.82 Å². The number of hydrogen-bond acceptors (Lipinski definition) is 4. The van der Waals surface area contributed by atoms with Crippen LogP contribution in [0.2, 0.25) is 0 Å². The number of benzene rings is 1. The zero-order chi connectivity index (χ0) is 17.4. The molecule has 0 bridgehead atoms. The lowest BCUT2D eigenvalue weighted by Crippen LogP contribution is -2.36. The number of aliphatic carboxylic acids is 1. The van der Waals surface area contributed by atoms with Gasteiger partial charge in [0.2, 0.25) is 5.91 Å². The van der Waals surface area contributed by atoms with Crippen molar-refractivity contribution in [2.24, 2.45) is 0 Å². The summed E-state index contributed by atoms with van der Waals surface area (Å²) >= 11 is 0. The van der Waals surface area contributed by atoms with Crippen molar-refractivity contribution in [3.05, 3.63) is 35.6 Å². The molecule has 1 aromatic carbocycles. The number of ether oxygens (including phenoxy) is 2. The molecule has 6 nitrogen and oxygen atoms in total. The lowest BCUT2D eigenvalue weighted by Gasteiger charge is -2.24. The van der Waals surface area contributed by atoms with Gasteiger partial charge in [0, 0.05) is 19.8 Å². The van der Waals surface area contributed by atoms with Gasteiger partial charge in [-0.3, -0.25) is 9.59 Å². The van der Waals surface area contributed by atoms with Gasteiger partial charge in [-0.2, -0.15) is 0 Å². The zero-order valence-corrected chi connectivity index (χ0v) is 13.4. The van der Waals surface area contributed by atoms with E-state index in [1.807, 2.05) is 0 Å². The second kappa shape index (κ2) is 9.34. The minimum absolute atomic E-state index is 0.0940. The zero-order valence-electron chi connectivity index (χ0n) is 13.4. The molecule has 132 valence electrons. The van der Waals surface area contributed by atoms with Crippen LogP contribution < -0.4 is 0 Å². The molecular formula is C17H22FNO5. The van der Waals surface area contributed by atoms with Crippen molar-refractivity contribution in [3.63, 3.8) is 0 Å². The number of hydrogen-bond donors (Lipinski definition) is 1. The maximum absolute atomic E-state index is 12.9. The van der Waals surface area contributed by atoms with Crippen molar-refractivity contribution in [1.82, 2.24) is 4.90 Å². The van der Waals surface area contributed by atoms with E-state index in [4.69, 9.17) is 14.6 Å². The van der Waals surface area contributed by atoms with E-state index in [0.717, 1.165) is 12.8 Å². The molecule has 0 radical (unpaired) electrons. The third kappa shape index (κ3) is 6.25. The van der Waals surface area contributed by atoms with Crippen LogP contribution in [0.4, 0.5) is 4.39 Å². The van der Waals surface area contributed by atoms with Crippen LogP contribution in [-0.4, -0.2) is 54.4 Å². The fraction of sp³-hybridized carbons (Fsp3) is 0.529. The molecule has 1 heterocycles. The summed E-state index contributed by atoms with van der Waals surface area (Å²) in [5, 5.41) is 8.99. The molecule has 1 aliphatic heterocycles. The summed E-state index contributed by atoms with van der Waals surface area (Å²) in [5.74, 6) is -1.76. The molecule has 0 aromatic heterocycles. The first-order chi connectivity index (χ1) is 11.5. The summed E-state index contributed by atoms with van der Waals surface area (Å²) in [5.41, 5.74) is 0.677. The fourth-order valence-electron chi connectivity index (χ4n) is 2.52. The average molecular weight is 339 g/mol. The molecule has 1 aliphatic rings. The normalized spacial score (nSPS) is 15.2. The predicted molar refractivity (Wildman–Crippen MR) is 83.9 cm³/mol. The van der Waals surface area contributed by atoms with Crippen molar-refractivity contribution >= 4 is 11.9 Å². The Morgan fingerprint density at radius 1 is 1.25 bits per heavy atom. The van der Waals surface area contributed by atoms with Gasteiger partial charge >= 0.3 is 5.97 Å². The number of carbonyl (C=O) groups is 2. The molecule has 24 heavy (non-hydrogen) atoms. The Hall–Kier alpha value is -1.99. The molecule has 0 aliphatic carbocycles. The number of amides is 1. The fourth-order valence-corrected chi connectivity index (χ4v) is 2.52. The molecular weight excluding hydrogens is 317 g/mol. The van der Waals surface area contributed by atoms with Crippen LogP contribution in [0.5, 0.6) is 0 Å². The lowest BCUT2D eigenvalue weighted by atomic mass is 10.1. The summed E-state index contributed by atoms with van der Waals surface area (Å²) in [4.78, 5) is 24.5. The highest BCUT2D eigenvalue weighted by Crippen LogP contribution is 2.12. The molecule has 1 amide bonds. The van der Waals surface area contributed by atoms with Gasteiger partial charge in [0.25, 0.3) is 0 Å². The third-order valence-electron chi connectivity index (χ3n) is 3.80. The SMILES string of the molecule is O=C(O)CN(Cc1ccc(F)cc1)C(=O)CCOC1CCOCC1. The maximum atomic E-state index is 12.9. The van der Waals surface area contributed by atoms with E-state index >= 15 is 0 Å². The molecule has 2 rings (SSSR count). The Labute approximate surface area is 140 Å². The van der Waals surface area contributed by atoms with Crippen LogP contribution >= 0.6 is 0 Å². The first-order valence-electron chi connectivity index (χ1n) is 7.98. The molecule has 0 unspecified atom stereocenters. The minimum atomic E-state index is -1.09. The quantitative estimate of drug-likeness (QED) is 0.782. The topological polar surface area (TPSA) is 76.1 Å². The van der Waals surface area contributed by atoms with Crippen molar-refractivity contribution in [2.75, 3.05) is 26.4 Å². The van der Waals surface area contributed by atoms with Gasteiger partial charge in [-0.1, -0.05) is 12.1 Å². The van der Waals surface area contributed by atoms with Crippen LogP contribution in [0.1, 0.15) is 24.8 Å². The highest BCUT2D eigenvalue weighted by atomic mass is 19.1. The number of carboxylic acid groups (broad SMARTS) is 1. The number of nitrogens with zero attached hydrogens (tertiary/aromatic N) is 1. The van der Waals surface area contributed by atoms with Crippen LogP contribution in [0.3, 0.4) is 0 Å². The lowest BCUT2D eigenvalue weighted by molar-refractivity contribution is -0.145. The van der Waals surface area contributed by atoms with E-state index in [-0.39, 0.29) is 37.4 Å². The number of halogens is 1. The van der Waals surface area contributed by atoms with Crippen LogP contribution in [0.15, 0.2) is 24.3 Å². The van der Waals surface area contributed by atoms with Crippen LogP contribution in [0.25, 0.3) is 0 Å². The van der Waals surface area contributed by atoms with E-state index in [0.29, 0.717) is 18.8 Å². The van der Waals surface area contributed by atoms with Gasteiger partial charge < -0.3 is 19.5 Å². The van der Waals surface area contributed by atoms with Gasteiger partial charge in [-0.15, -0.1) is 0 Å². The highest BCUT2D eigenvalue weighted by Gasteiger charge is 2.19. The summed E-state index contributed by atoms with van der Waals surface area (Å²) in [7, 11) is 0. The number of carboxylic acids is 1. The van der Waals surface area contributed by atoms with Crippen LogP contribution in [-0.2, 0) is 25.6 Å². The van der Waals surface area contributed by atoms with Gasteiger partial charge in [-0.05, 0) is 30.5 Å². The molecule has 1 aromatic rings. The van der Waals surface area contributed by atoms with Crippen molar-refractivity contribution < 1.29 is 28.6 Å². The predicted octanol–water partition coefficient (Wildman–Crippen LogP) is 1.82. The maximum Gasteiger partial charge on any atom is 0.323 e. The van der Waals surface area contributed by atoms with Gasteiger partial charge in [0.15, 0.2) is 0 Å². The Kier molecular flexibility index (Phi) is 7.14. The summed E-state index contributed by atoms with van der Waals surface area (Å²) in [6, 6.07) is 5.64. The van der Waals surface area contributed by atoms with E-state index in [2.05, 4.69) is 0 Å². The smallest absolute Gasteiger partial charge is 0.323 e. The molecule has 1 fully saturated rings. The van der Waals surface area contributed by atoms with Gasteiger partial charge in [-0.25, -0.2) is 4.39 Å². The first-order valence-corrected chi connectivity index (χ1v) is 7.98. The van der Waals surface area contributed by atoms with E-state index in [1.54, 1.807) is 0 Å². The molecule has 0 atom stereocenters. The third-order valence-corrected chi connectivity index (χ3v) is 3.80. The Balaban J connectivity index is 1.84.